The summed E-state index contributed by atoms with van der Waals surface area (Å²) in [5.41, 5.74) is 7.45. The summed E-state index contributed by atoms with van der Waals surface area (Å²) in [7, 11) is 4.27. The van der Waals surface area contributed by atoms with Crippen molar-refractivity contribution in [2.24, 2.45) is 11.7 Å². The molecule has 1 heterocycles. The molecular weight excluding hydrogens is 304 g/mol. The molecule has 2 rings (SSSR count). The third kappa shape index (κ3) is 2.92. The van der Waals surface area contributed by atoms with Crippen molar-refractivity contribution < 1.29 is 0 Å². The zero-order valence-electron chi connectivity index (χ0n) is 11.7. The molecule has 0 amide bonds. The van der Waals surface area contributed by atoms with E-state index in [-0.39, 0.29) is 5.84 Å². The van der Waals surface area contributed by atoms with Gasteiger partial charge in [0.1, 0.15) is 5.84 Å². The largest absolute Gasteiger partial charge is 0.384 e. The summed E-state index contributed by atoms with van der Waals surface area (Å²) in [5.74, 6) is 0.752. The molecule has 0 aliphatic carbocycles. The third-order valence-corrected chi connectivity index (χ3v) is 4.47. The summed E-state index contributed by atoms with van der Waals surface area (Å²) in [6, 6.07) is 6.46. The van der Waals surface area contributed by atoms with Crippen LogP contribution in [0.2, 0.25) is 0 Å². The fourth-order valence-corrected chi connectivity index (χ4v) is 3.38. The minimum absolute atomic E-state index is 0.105. The summed E-state index contributed by atoms with van der Waals surface area (Å²) in [5, 5.41) is 7.47. The van der Waals surface area contributed by atoms with Crippen molar-refractivity contribution in [2.75, 3.05) is 32.1 Å². The molecular formula is C14H21BrN4. The Kier molecular flexibility index (Phi) is 4.16. The molecule has 3 N–H and O–H groups in total. The van der Waals surface area contributed by atoms with Crippen LogP contribution < -0.4 is 10.6 Å². The Morgan fingerprint density at radius 1 is 1.42 bits per heavy atom. The van der Waals surface area contributed by atoms with E-state index in [9.17, 15) is 0 Å². The van der Waals surface area contributed by atoms with Crippen molar-refractivity contribution in [3.63, 3.8) is 0 Å². The van der Waals surface area contributed by atoms with E-state index in [2.05, 4.69) is 46.7 Å². The maximum Gasteiger partial charge on any atom is 0.122 e. The Hall–Kier alpha value is -1.07. The second-order valence-electron chi connectivity index (χ2n) is 5.49. The first kappa shape index (κ1) is 14.3. The van der Waals surface area contributed by atoms with E-state index in [0.717, 1.165) is 23.1 Å². The normalized spacial score (nSPS) is 23.1. The van der Waals surface area contributed by atoms with Crippen LogP contribution in [0.25, 0.3) is 0 Å². The lowest BCUT2D eigenvalue weighted by Crippen LogP contribution is -2.34. The number of benzene rings is 1. The molecule has 1 aliphatic heterocycles. The lowest BCUT2D eigenvalue weighted by molar-refractivity contribution is 0.266. The fourth-order valence-electron chi connectivity index (χ4n) is 2.75. The van der Waals surface area contributed by atoms with Crippen molar-refractivity contribution in [3.05, 3.63) is 28.2 Å². The van der Waals surface area contributed by atoms with Gasteiger partial charge in [0.15, 0.2) is 0 Å². The van der Waals surface area contributed by atoms with Crippen LogP contribution in [-0.2, 0) is 0 Å². The topological polar surface area (TPSA) is 56.4 Å². The highest BCUT2D eigenvalue weighted by Gasteiger charge is 2.31. The smallest absolute Gasteiger partial charge is 0.122 e. The Balaban J connectivity index is 2.22. The number of amidine groups is 1. The predicted octanol–water partition coefficient (Wildman–Crippen LogP) is 2.12. The van der Waals surface area contributed by atoms with Gasteiger partial charge in [0, 0.05) is 29.2 Å². The van der Waals surface area contributed by atoms with E-state index in [1.807, 2.05) is 18.2 Å². The Morgan fingerprint density at radius 3 is 2.58 bits per heavy atom. The summed E-state index contributed by atoms with van der Waals surface area (Å²) in [6.45, 7) is 4.38. The Bertz CT molecular complexity index is 486. The highest BCUT2D eigenvalue weighted by molar-refractivity contribution is 9.10. The maximum absolute atomic E-state index is 7.47. The molecule has 0 spiro atoms. The van der Waals surface area contributed by atoms with E-state index in [1.165, 1.54) is 5.69 Å². The van der Waals surface area contributed by atoms with Crippen LogP contribution in [0, 0.1) is 11.3 Å². The van der Waals surface area contributed by atoms with Crippen molar-refractivity contribution in [3.8, 4) is 0 Å². The highest BCUT2D eigenvalue weighted by Crippen LogP contribution is 2.32. The van der Waals surface area contributed by atoms with Gasteiger partial charge in [0.25, 0.3) is 0 Å². The predicted molar refractivity (Wildman–Crippen MR) is 84.0 cm³/mol. The van der Waals surface area contributed by atoms with Gasteiger partial charge in [0.05, 0.1) is 5.69 Å². The SMILES string of the molecule is CC1CN(c2ccc(C(=N)N)cc2Br)CC1N(C)C. The molecule has 4 nitrogen and oxygen atoms in total. The number of nitrogens with one attached hydrogen (secondary N) is 1. The maximum atomic E-state index is 7.47. The Morgan fingerprint density at radius 2 is 2.11 bits per heavy atom. The van der Waals surface area contributed by atoms with E-state index < -0.39 is 0 Å². The molecule has 1 fully saturated rings. The van der Waals surface area contributed by atoms with Gasteiger partial charge in [-0.15, -0.1) is 0 Å². The summed E-state index contributed by atoms with van der Waals surface area (Å²) in [6.07, 6.45) is 0. The highest BCUT2D eigenvalue weighted by atomic mass is 79.9. The quantitative estimate of drug-likeness (QED) is 0.661. The second-order valence-corrected chi connectivity index (χ2v) is 6.35. The van der Waals surface area contributed by atoms with Gasteiger partial charge in [-0.05, 0) is 54.1 Å². The van der Waals surface area contributed by atoms with E-state index >= 15 is 0 Å². The van der Waals surface area contributed by atoms with Gasteiger partial charge in [-0.25, -0.2) is 0 Å². The number of nitrogen functional groups attached to an aromatic ring is 1. The summed E-state index contributed by atoms with van der Waals surface area (Å²) < 4.78 is 1.01. The van der Waals surface area contributed by atoms with Crippen LogP contribution in [0.4, 0.5) is 5.69 Å². The minimum Gasteiger partial charge on any atom is -0.384 e. The van der Waals surface area contributed by atoms with Crippen molar-refractivity contribution in [2.45, 2.75) is 13.0 Å². The molecule has 0 aromatic heterocycles. The van der Waals surface area contributed by atoms with Crippen LogP contribution in [-0.4, -0.2) is 44.0 Å². The number of rotatable bonds is 3. The molecule has 2 unspecified atom stereocenters. The monoisotopic (exact) mass is 324 g/mol. The molecule has 1 saturated heterocycles. The standard InChI is InChI=1S/C14H21BrN4/c1-9-7-19(8-13(9)18(2)3)12-5-4-10(14(16)17)6-11(12)15/h4-6,9,13H,7-8H2,1-3H3,(H3,16,17). The molecule has 104 valence electrons. The van der Waals surface area contributed by atoms with Gasteiger partial charge in [-0.1, -0.05) is 6.92 Å². The molecule has 1 aromatic carbocycles. The number of hydrogen-bond donors (Lipinski definition) is 2. The van der Waals surface area contributed by atoms with Gasteiger partial charge >= 0.3 is 0 Å². The van der Waals surface area contributed by atoms with Gasteiger partial charge in [-0.2, -0.15) is 0 Å². The summed E-state index contributed by atoms with van der Waals surface area (Å²) >= 11 is 3.59. The molecule has 1 aliphatic rings. The molecule has 0 bridgehead atoms. The zero-order chi connectivity index (χ0) is 14.2. The first-order valence-corrected chi connectivity index (χ1v) is 7.24. The summed E-state index contributed by atoms with van der Waals surface area (Å²) in [4.78, 5) is 4.69. The number of halogens is 1. The van der Waals surface area contributed by atoms with Crippen LogP contribution in [0.5, 0.6) is 0 Å². The van der Waals surface area contributed by atoms with Crippen molar-refractivity contribution in [1.82, 2.24) is 4.90 Å². The first-order valence-electron chi connectivity index (χ1n) is 6.45. The van der Waals surface area contributed by atoms with Gasteiger partial charge < -0.3 is 15.5 Å². The molecule has 0 radical (unpaired) electrons. The van der Waals surface area contributed by atoms with Crippen molar-refractivity contribution in [1.29, 1.82) is 5.41 Å². The van der Waals surface area contributed by atoms with E-state index in [4.69, 9.17) is 11.1 Å². The van der Waals surface area contributed by atoms with E-state index in [0.29, 0.717) is 12.0 Å². The fraction of sp³-hybridized carbons (Fsp3) is 0.500. The van der Waals surface area contributed by atoms with Gasteiger partial charge in [-0.3, -0.25) is 5.41 Å². The molecule has 5 heteroatoms. The van der Waals surface area contributed by atoms with Crippen LogP contribution in [0.15, 0.2) is 22.7 Å². The third-order valence-electron chi connectivity index (χ3n) is 3.84. The lowest BCUT2D eigenvalue weighted by Gasteiger charge is -2.23. The number of nitrogens with zero attached hydrogens (tertiary/aromatic N) is 2. The molecule has 2 atom stereocenters. The molecule has 19 heavy (non-hydrogen) atoms. The van der Waals surface area contributed by atoms with E-state index in [1.54, 1.807) is 0 Å². The number of anilines is 1. The molecule has 0 saturated carbocycles. The zero-order valence-corrected chi connectivity index (χ0v) is 13.2. The Labute approximate surface area is 123 Å². The van der Waals surface area contributed by atoms with Crippen LogP contribution in [0.3, 0.4) is 0 Å². The van der Waals surface area contributed by atoms with Crippen molar-refractivity contribution >= 4 is 27.5 Å². The number of hydrogen-bond acceptors (Lipinski definition) is 3. The lowest BCUT2D eigenvalue weighted by atomic mass is 10.1. The average molecular weight is 325 g/mol. The minimum atomic E-state index is 0.105. The van der Waals surface area contributed by atoms with Crippen LogP contribution in [0.1, 0.15) is 12.5 Å². The van der Waals surface area contributed by atoms with Gasteiger partial charge in [0.2, 0.25) is 0 Å². The van der Waals surface area contributed by atoms with Crippen LogP contribution >= 0.6 is 15.9 Å². The number of likely N-dealkylation sites (N-methyl/N-ethyl adjacent to an activating group) is 1. The molecule has 1 aromatic rings. The first-order chi connectivity index (χ1) is 8.90. The number of nitrogens with two attached hydrogens (primary N) is 1. The average Bonchev–Trinajstić information content (AvgIpc) is 2.71. The second kappa shape index (κ2) is 5.51.